The molecular formula is C46H28N2S. The Kier molecular flexibility index (Phi) is 6.39. The minimum Gasteiger partial charge on any atom is -0.228 e. The van der Waals surface area contributed by atoms with E-state index in [1.807, 2.05) is 35.6 Å². The molecule has 0 aliphatic rings. The Labute approximate surface area is 287 Å². The molecule has 2 heterocycles. The van der Waals surface area contributed by atoms with Crippen LogP contribution in [0.1, 0.15) is 0 Å². The van der Waals surface area contributed by atoms with Crippen molar-refractivity contribution in [1.29, 1.82) is 0 Å². The van der Waals surface area contributed by atoms with Crippen LogP contribution < -0.4 is 0 Å². The highest BCUT2D eigenvalue weighted by Gasteiger charge is 2.18. The molecule has 0 unspecified atom stereocenters. The van der Waals surface area contributed by atoms with E-state index in [0.29, 0.717) is 0 Å². The monoisotopic (exact) mass is 640 g/mol. The summed E-state index contributed by atoms with van der Waals surface area (Å²) < 4.78 is 2.52. The summed E-state index contributed by atoms with van der Waals surface area (Å²) in [7, 11) is 0. The van der Waals surface area contributed by atoms with Crippen LogP contribution in [-0.4, -0.2) is 9.97 Å². The zero-order chi connectivity index (χ0) is 32.3. The van der Waals surface area contributed by atoms with Crippen molar-refractivity contribution in [3.63, 3.8) is 0 Å². The molecule has 0 bridgehead atoms. The Hall–Kier alpha value is -6.16. The van der Waals surface area contributed by atoms with Crippen LogP contribution in [0.4, 0.5) is 0 Å². The van der Waals surface area contributed by atoms with Crippen molar-refractivity contribution in [3.05, 3.63) is 170 Å². The molecule has 0 fully saturated rings. The van der Waals surface area contributed by atoms with Gasteiger partial charge in [-0.15, -0.1) is 11.3 Å². The Morgan fingerprint density at radius 3 is 1.57 bits per heavy atom. The number of hydrogen-bond donors (Lipinski definition) is 0. The molecule has 0 spiro atoms. The topological polar surface area (TPSA) is 25.8 Å². The van der Waals surface area contributed by atoms with E-state index in [1.54, 1.807) is 0 Å². The van der Waals surface area contributed by atoms with Crippen LogP contribution in [0.15, 0.2) is 170 Å². The van der Waals surface area contributed by atoms with Crippen LogP contribution >= 0.6 is 11.3 Å². The van der Waals surface area contributed by atoms with Gasteiger partial charge in [0, 0.05) is 36.9 Å². The van der Waals surface area contributed by atoms with E-state index < -0.39 is 0 Å². The highest BCUT2D eigenvalue weighted by atomic mass is 32.1. The third-order valence-electron chi connectivity index (χ3n) is 9.66. The largest absolute Gasteiger partial charge is 0.228 e. The van der Waals surface area contributed by atoms with Gasteiger partial charge in [-0.25, -0.2) is 9.97 Å². The molecule has 0 amide bonds. The first kappa shape index (κ1) is 27.9. The van der Waals surface area contributed by atoms with E-state index in [4.69, 9.17) is 9.97 Å². The summed E-state index contributed by atoms with van der Waals surface area (Å²) in [5.41, 5.74) is 7.37. The molecule has 0 aliphatic carbocycles. The fourth-order valence-corrected chi connectivity index (χ4v) is 8.54. The molecule has 10 rings (SSSR count). The number of aromatic nitrogens is 2. The van der Waals surface area contributed by atoms with Gasteiger partial charge in [0.05, 0.1) is 11.4 Å². The second-order valence-corrected chi connectivity index (χ2v) is 13.6. The summed E-state index contributed by atoms with van der Waals surface area (Å²) >= 11 is 1.85. The first-order valence-electron chi connectivity index (χ1n) is 16.6. The van der Waals surface area contributed by atoms with E-state index in [-0.39, 0.29) is 0 Å². The van der Waals surface area contributed by atoms with Gasteiger partial charge in [0.15, 0.2) is 5.82 Å². The standard InChI is InChI=1S/C46H28N2S/c1-3-13-29(14-4-1)41-28-42(48-46(47-41)30-15-5-2-6-16-30)40-26-32(27-44-45(40)38-21-11-12-22-43(38)49-44)31-23-24-37-35-19-8-7-17-33(35)34-18-9-10-20-36(34)39(37)25-31/h1-28H. The molecule has 228 valence electrons. The van der Waals surface area contributed by atoms with Crippen molar-refractivity contribution in [2.45, 2.75) is 0 Å². The number of nitrogens with zero attached hydrogens (tertiary/aromatic N) is 2. The van der Waals surface area contributed by atoms with Crippen LogP contribution in [0.2, 0.25) is 0 Å². The lowest BCUT2D eigenvalue weighted by atomic mass is 9.91. The molecule has 10 aromatic rings. The van der Waals surface area contributed by atoms with Crippen molar-refractivity contribution in [3.8, 4) is 45.0 Å². The molecule has 0 saturated carbocycles. The number of rotatable bonds is 4. The van der Waals surface area contributed by atoms with Crippen LogP contribution in [0.3, 0.4) is 0 Å². The highest BCUT2D eigenvalue weighted by molar-refractivity contribution is 7.26. The van der Waals surface area contributed by atoms with Gasteiger partial charge in [-0.3, -0.25) is 0 Å². The zero-order valence-corrected chi connectivity index (χ0v) is 27.3. The lowest BCUT2D eigenvalue weighted by Gasteiger charge is -2.14. The summed E-state index contributed by atoms with van der Waals surface area (Å²) in [5, 5.41) is 10.2. The fraction of sp³-hybridized carbons (Fsp3) is 0. The molecule has 8 aromatic carbocycles. The van der Waals surface area contributed by atoms with Gasteiger partial charge in [-0.2, -0.15) is 0 Å². The average molecular weight is 641 g/mol. The maximum absolute atomic E-state index is 5.29. The van der Waals surface area contributed by atoms with Crippen molar-refractivity contribution in [2.75, 3.05) is 0 Å². The Bertz CT molecular complexity index is 2780. The van der Waals surface area contributed by atoms with E-state index in [2.05, 4.69) is 146 Å². The van der Waals surface area contributed by atoms with Crippen LogP contribution in [0.5, 0.6) is 0 Å². The van der Waals surface area contributed by atoms with Crippen LogP contribution in [-0.2, 0) is 0 Å². The summed E-state index contributed by atoms with van der Waals surface area (Å²) in [6.07, 6.45) is 0. The SMILES string of the molecule is c1ccc(-c2cc(-c3cc(-c4ccc5c6ccccc6c6ccccc6c5c4)cc4sc5ccccc5c34)nc(-c3ccccc3)n2)cc1. The summed E-state index contributed by atoms with van der Waals surface area (Å²) in [4.78, 5) is 10.4. The predicted molar refractivity (Wildman–Crippen MR) is 209 cm³/mol. The molecular weight excluding hydrogens is 613 g/mol. The van der Waals surface area contributed by atoms with Crippen molar-refractivity contribution >= 4 is 63.8 Å². The third-order valence-corrected chi connectivity index (χ3v) is 10.8. The van der Waals surface area contributed by atoms with Gasteiger partial charge >= 0.3 is 0 Å². The number of thiophene rings is 1. The third kappa shape index (κ3) is 4.62. The average Bonchev–Trinajstić information content (AvgIpc) is 3.57. The number of hydrogen-bond acceptors (Lipinski definition) is 3. The van der Waals surface area contributed by atoms with Gasteiger partial charge < -0.3 is 0 Å². The van der Waals surface area contributed by atoms with E-state index >= 15 is 0 Å². The fourth-order valence-electron chi connectivity index (χ4n) is 7.37. The summed E-state index contributed by atoms with van der Waals surface area (Å²) in [6, 6.07) is 60.8. The zero-order valence-electron chi connectivity index (χ0n) is 26.5. The second kappa shape index (κ2) is 11.2. The van der Waals surface area contributed by atoms with Crippen molar-refractivity contribution < 1.29 is 0 Å². The lowest BCUT2D eigenvalue weighted by Crippen LogP contribution is -1.96. The predicted octanol–water partition coefficient (Wildman–Crippen LogP) is 13.0. The first-order chi connectivity index (χ1) is 24.3. The van der Waals surface area contributed by atoms with Gasteiger partial charge in [0.25, 0.3) is 0 Å². The molecule has 0 N–H and O–H groups in total. The second-order valence-electron chi connectivity index (χ2n) is 12.5. The summed E-state index contributed by atoms with van der Waals surface area (Å²) in [6.45, 7) is 0. The molecule has 3 heteroatoms. The minimum absolute atomic E-state index is 0.721. The maximum atomic E-state index is 5.29. The Balaban J connectivity index is 1.27. The van der Waals surface area contributed by atoms with Gasteiger partial charge in [0.2, 0.25) is 0 Å². The maximum Gasteiger partial charge on any atom is 0.160 e. The van der Waals surface area contributed by atoms with E-state index in [1.165, 1.54) is 63.6 Å². The van der Waals surface area contributed by atoms with E-state index in [0.717, 1.165) is 33.9 Å². The first-order valence-corrected chi connectivity index (χ1v) is 17.4. The smallest absolute Gasteiger partial charge is 0.160 e. The number of fused-ring (bicyclic) bond motifs is 9. The molecule has 0 atom stereocenters. The Morgan fingerprint density at radius 1 is 0.327 bits per heavy atom. The highest BCUT2D eigenvalue weighted by Crippen LogP contribution is 2.44. The van der Waals surface area contributed by atoms with Gasteiger partial charge in [-0.05, 0) is 73.8 Å². The van der Waals surface area contributed by atoms with Crippen molar-refractivity contribution in [1.82, 2.24) is 9.97 Å². The quantitative estimate of drug-likeness (QED) is 0.179. The molecule has 49 heavy (non-hydrogen) atoms. The normalized spacial score (nSPS) is 11.7. The minimum atomic E-state index is 0.721. The Morgan fingerprint density at radius 2 is 0.878 bits per heavy atom. The van der Waals surface area contributed by atoms with E-state index in [9.17, 15) is 0 Å². The van der Waals surface area contributed by atoms with Gasteiger partial charge in [-0.1, -0.05) is 140 Å². The molecule has 0 saturated heterocycles. The summed E-state index contributed by atoms with van der Waals surface area (Å²) in [5.74, 6) is 0.721. The molecule has 0 radical (unpaired) electrons. The van der Waals surface area contributed by atoms with Crippen molar-refractivity contribution in [2.24, 2.45) is 0 Å². The van der Waals surface area contributed by atoms with Crippen LogP contribution in [0.25, 0.3) is 97.5 Å². The molecule has 0 aliphatic heterocycles. The lowest BCUT2D eigenvalue weighted by molar-refractivity contribution is 1.19. The van der Waals surface area contributed by atoms with Crippen LogP contribution in [0, 0.1) is 0 Å². The number of benzene rings is 8. The molecule has 2 aromatic heterocycles. The molecule has 2 nitrogen and oxygen atoms in total. The van der Waals surface area contributed by atoms with Gasteiger partial charge in [0.1, 0.15) is 0 Å².